The molecule has 1 heterocycles. The first-order valence-corrected chi connectivity index (χ1v) is 10.1. The molecule has 6 nitrogen and oxygen atoms in total. The molecule has 1 aromatic heterocycles. The molecule has 0 radical (unpaired) electrons. The van der Waals surface area contributed by atoms with E-state index >= 15 is 0 Å². The van der Waals surface area contributed by atoms with Crippen molar-refractivity contribution in [2.45, 2.75) is 60.5 Å². The highest BCUT2D eigenvalue weighted by atomic mass is 16.6. The summed E-state index contributed by atoms with van der Waals surface area (Å²) in [6.07, 6.45) is 5.89. The standard InChI is InChI=1S/C24H30O6/c1-15(2)9-7-10-17(5)13-14-27-22-19-11-8-12-20(28-16(3)4)21(19)30-24(26)23(22)29-18(6)25/h8-9,11-13,16H,7,10,14H2,1-6H3. The summed E-state index contributed by atoms with van der Waals surface area (Å²) in [5.41, 5.74) is 1.91. The molecule has 0 amide bonds. The number of allylic oxidation sites excluding steroid dienone is 3. The second-order valence-corrected chi connectivity index (χ2v) is 7.62. The van der Waals surface area contributed by atoms with E-state index in [0.717, 1.165) is 18.4 Å². The minimum atomic E-state index is -0.795. The molecule has 30 heavy (non-hydrogen) atoms. The third kappa shape index (κ3) is 6.51. The van der Waals surface area contributed by atoms with Gasteiger partial charge in [-0.1, -0.05) is 23.3 Å². The van der Waals surface area contributed by atoms with Crippen molar-refractivity contribution in [1.82, 2.24) is 0 Å². The summed E-state index contributed by atoms with van der Waals surface area (Å²) in [4.78, 5) is 24.0. The molecule has 0 aliphatic carbocycles. The summed E-state index contributed by atoms with van der Waals surface area (Å²) < 4.78 is 22.2. The van der Waals surface area contributed by atoms with E-state index in [9.17, 15) is 9.59 Å². The molecule has 0 spiro atoms. The molecule has 162 valence electrons. The van der Waals surface area contributed by atoms with Gasteiger partial charge in [0, 0.05) is 6.92 Å². The summed E-state index contributed by atoms with van der Waals surface area (Å²) in [5.74, 6) is -0.298. The summed E-state index contributed by atoms with van der Waals surface area (Å²) in [6.45, 7) is 11.4. The van der Waals surface area contributed by atoms with Gasteiger partial charge in [-0.2, -0.15) is 0 Å². The van der Waals surface area contributed by atoms with Crippen molar-refractivity contribution in [2.75, 3.05) is 6.61 Å². The van der Waals surface area contributed by atoms with Crippen molar-refractivity contribution >= 4 is 16.9 Å². The number of fused-ring (bicyclic) bond motifs is 1. The Balaban J connectivity index is 2.40. The smallest absolute Gasteiger partial charge is 0.383 e. The van der Waals surface area contributed by atoms with Crippen molar-refractivity contribution in [3.63, 3.8) is 0 Å². The molecule has 0 fully saturated rings. The molecule has 2 aromatic rings. The molecule has 0 saturated carbocycles. The minimum absolute atomic E-state index is 0.107. The van der Waals surface area contributed by atoms with Crippen LogP contribution in [0, 0.1) is 0 Å². The lowest BCUT2D eigenvalue weighted by Crippen LogP contribution is -2.14. The molecule has 0 N–H and O–H groups in total. The van der Waals surface area contributed by atoms with Crippen LogP contribution in [0.15, 0.2) is 50.7 Å². The molecule has 0 unspecified atom stereocenters. The molecule has 0 atom stereocenters. The first kappa shape index (κ1) is 23.3. The van der Waals surface area contributed by atoms with Gasteiger partial charge in [-0.25, -0.2) is 4.79 Å². The first-order chi connectivity index (χ1) is 14.2. The van der Waals surface area contributed by atoms with Crippen molar-refractivity contribution in [2.24, 2.45) is 0 Å². The fourth-order valence-electron chi connectivity index (χ4n) is 2.83. The molecule has 6 heteroatoms. The van der Waals surface area contributed by atoms with Crippen molar-refractivity contribution in [1.29, 1.82) is 0 Å². The number of para-hydroxylation sites is 1. The van der Waals surface area contributed by atoms with Gasteiger partial charge in [0.15, 0.2) is 17.1 Å². The molecule has 0 aliphatic rings. The van der Waals surface area contributed by atoms with E-state index in [1.165, 1.54) is 12.5 Å². The lowest BCUT2D eigenvalue weighted by molar-refractivity contribution is -0.132. The minimum Gasteiger partial charge on any atom is -0.487 e. The average molecular weight is 414 g/mol. The van der Waals surface area contributed by atoms with Gasteiger partial charge >= 0.3 is 11.6 Å². The Labute approximate surface area is 177 Å². The van der Waals surface area contributed by atoms with Crippen LogP contribution in [0.25, 0.3) is 11.0 Å². The van der Waals surface area contributed by atoms with E-state index in [0.29, 0.717) is 11.1 Å². The van der Waals surface area contributed by atoms with Crippen molar-refractivity contribution in [3.8, 4) is 17.2 Å². The average Bonchev–Trinajstić information content (AvgIpc) is 2.63. The molecule has 0 aliphatic heterocycles. The fourth-order valence-corrected chi connectivity index (χ4v) is 2.83. The normalized spacial score (nSPS) is 11.5. The quantitative estimate of drug-likeness (QED) is 0.303. The van der Waals surface area contributed by atoms with Gasteiger partial charge in [0.05, 0.1) is 11.5 Å². The molecular weight excluding hydrogens is 384 g/mol. The topological polar surface area (TPSA) is 75.0 Å². The molecule has 0 bridgehead atoms. The third-order valence-electron chi connectivity index (χ3n) is 4.17. The maximum Gasteiger partial charge on any atom is 0.383 e. The van der Waals surface area contributed by atoms with Crippen LogP contribution >= 0.6 is 0 Å². The Kier molecular flexibility index (Phi) is 8.27. The van der Waals surface area contributed by atoms with Crippen LogP contribution in [0.1, 0.15) is 54.4 Å². The van der Waals surface area contributed by atoms with Gasteiger partial charge in [0.25, 0.3) is 5.75 Å². The number of benzene rings is 1. The molecular formula is C24H30O6. The fraction of sp³-hybridized carbons (Fsp3) is 0.417. The van der Waals surface area contributed by atoms with Gasteiger partial charge < -0.3 is 18.6 Å². The highest BCUT2D eigenvalue weighted by molar-refractivity contribution is 5.90. The van der Waals surface area contributed by atoms with Gasteiger partial charge in [-0.3, -0.25) is 4.79 Å². The molecule has 2 rings (SSSR count). The van der Waals surface area contributed by atoms with Crippen LogP contribution in [0.5, 0.6) is 17.2 Å². The first-order valence-electron chi connectivity index (χ1n) is 10.1. The van der Waals surface area contributed by atoms with Crippen LogP contribution in [-0.4, -0.2) is 18.7 Å². The Morgan fingerprint density at radius 1 is 1.10 bits per heavy atom. The van der Waals surface area contributed by atoms with E-state index in [1.54, 1.807) is 18.2 Å². The van der Waals surface area contributed by atoms with Crippen molar-refractivity contribution < 1.29 is 23.4 Å². The van der Waals surface area contributed by atoms with Crippen LogP contribution in [0.2, 0.25) is 0 Å². The number of esters is 1. The van der Waals surface area contributed by atoms with E-state index in [4.69, 9.17) is 18.6 Å². The van der Waals surface area contributed by atoms with Crippen LogP contribution in [-0.2, 0) is 4.79 Å². The summed E-state index contributed by atoms with van der Waals surface area (Å²) in [7, 11) is 0. The highest BCUT2D eigenvalue weighted by Gasteiger charge is 2.21. The van der Waals surface area contributed by atoms with E-state index < -0.39 is 11.6 Å². The second kappa shape index (κ2) is 10.7. The maximum absolute atomic E-state index is 12.5. The summed E-state index contributed by atoms with van der Waals surface area (Å²) in [6, 6.07) is 5.22. The third-order valence-corrected chi connectivity index (χ3v) is 4.17. The van der Waals surface area contributed by atoms with Crippen molar-refractivity contribution in [3.05, 3.63) is 51.9 Å². The number of carbonyl (C=O) groups is 1. The van der Waals surface area contributed by atoms with Crippen LogP contribution in [0.3, 0.4) is 0 Å². The molecule has 0 saturated heterocycles. The van der Waals surface area contributed by atoms with Gasteiger partial charge in [-0.05, 0) is 65.7 Å². The number of hydrogen-bond acceptors (Lipinski definition) is 6. The second-order valence-electron chi connectivity index (χ2n) is 7.62. The van der Waals surface area contributed by atoms with Gasteiger partial charge in [0.1, 0.15) is 6.61 Å². The largest absolute Gasteiger partial charge is 0.487 e. The van der Waals surface area contributed by atoms with Gasteiger partial charge in [-0.15, -0.1) is 0 Å². The van der Waals surface area contributed by atoms with E-state index in [-0.39, 0.29) is 29.8 Å². The van der Waals surface area contributed by atoms with Gasteiger partial charge in [0.2, 0.25) is 0 Å². The molecule has 1 aromatic carbocycles. The number of hydrogen-bond donors (Lipinski definition) is 0. The Hall–Kier alpha value is -3.02. The summed E-state index contributed by atoms with van der Waals surface area (Å²) >= 11 is 0. The Morgan fingerprint density at radius 3 is 2.47 bits per heavy atom. The highest BCUT2D eigenvalue weighted by Crippen LogP contribution is 2.37. The van der Waals surface area contributed by atoms with Crippen LogP contribution in [0.4, 0.5) is 0 Å². The SMILES string of the molecule is CC(=O)Oc1c(OCC=C(C)CCC=C(C)C)c2cccc(OC(C)C)c2oc1=O. The monoisotopic (exact) mass is 414 g/mol. The predicted octanol–water partition coefficient (Wildman–Crippen LogP) is 5.58. The zero-order valence-electron chi connectivity index (χ0n) is 18.5. The maximum atomic E-state index is 12.5. The Morgan fingerprint density at radius 2 is 1.83 bits per heavy atom. The number of carbonyl (C=O) groups excluding carboxylic acids is 1. The zero-order valence-corrected chi connectivity index (χ0v) is 18.5. The zero-order chi connectivity index (χ0) is 22.3. The summed E-state index contributed by atoms with van der Waals surface area (Å²) in [5, 5.41) is 0.500. The Bertz CT molecular complexity index is 1010. The lowest BCUT2D eigenvalue weighted by Gasteiger charge is -2.15. The number of ether oxygens (including phenoxy) is 3. The van der Waals surface area contributed by atoms with E-state index in [2.05, 4.69) is 19.9 Å². The lowest BCUT2D eigenvalue weighted by atomic mass is 10.1. The predicted molar refractivity (Wildman–Crippen MR) is 117 cm³/mol. The van der Waals surface area contributed by atoms with E-state index in [1.807, 2.05) is 26.8 Å². The van der Waals surface area contributed by atoms with Crippen LogP contribution < -0.4 is 19.8 Å². The number of rotatable bonds is 9.